The first-order chi connectivity index (χ1) is 13.4. The highest BCUT2D eigenvalue weighted by atomic mass is 16.5. The van der Waals surface area contributed by atoms with Crippen molar-refractivity contribution in [1.29, 1.82) is 0 Å². The number of Topliss-reactive ketones (excluding diaryl/α,β-unsaturated/α-hetero) is 1. The van der Waals surface area contributed by atoms with Crippen LogP contribution >= 0.6 is 0 Å². The predicted molar refractivity (Wildman–Crippen MR) is 110 cm³/mol. The number of ether oxygens (including phenoxy) is 1. The van der Waals surface area contributed by atoms with E-state index >= 15 is 0 Å². The zero-order valence-electron chi connectivity index (χ0n) is 16.8. The van der Waals surface area contributed by atoms with Gasteiger partial charge in [0.15, 0.2) is 17.3 Å². The molecule has 28 heavy (non-hydrogen) atoms. The van der Waals surface area contributed by atoms with Crippen molar-refractivity contribution in [2.75, 3.05) is 20.2 Å². The van der Waals surface area contributed by atoms with Crippen LogP contribution in [0.5, 0.6) is 11.5 Å². The summed E-state index contributed by atoms with van der Waals surface area (Å²) >= 11 is 0. The van der Waals surface area contributed by atoms with Gasteiger partial charge < -0.3 is 14.8 Å². The van der Waals surface area contributed by atoms with Gasteiger partial charge in [-0.1, -0.05) is 12.1 Å². The van der Waals surface area contributed by atoms with Crippen molar-refractivity contribution in [3.63, 3.8) is 0 Å². The van der Waals surface area contributed by atoms with Gasteiger partial charge in [-0.3, -0.25) is 9.69 Å². The average Bonchev–Trinajstić information content (AvgIpc) is 2.98. The lowest BCUT2D eigenvalue weighted by atomic mass is 9.92. The number of aryl methyl sites for hydroxylation is 2. The number of hydrogen-bond acceptors (Lipinski definition) is 4. The predicted octanol–water partition coefficient (Wildman–Crippen LogP) is 4.30. The van der Waals surface area contributed by atoms with Gasteiger partial charge in [-0.2, -0.15) is 0 Å². The summed E-state index contributed by atoms with van der Waals surface area (Å²) in [4.78, 5) is 18.8. The van der Waals surface area contributed by atoms with E-state index in [9.17, 15) is 9.90 Å². The van der Waals surface area contributed by atoms with Gasteiger partial charge in [0.05, 0.1) is 13.7 Å². The minimum atomic E-state index is 0.0787. The van der Waals surface area contributed by atoms with Crippen LogP contribution < -0.4 is 4.74 Å². The molecule has 0 fully saturated rings. The van der Waals surface area contributed by atoms with Gasteiger partial charge in [-0.15, -0.1) is 0 Å². The number of aromatic hydroxyl groups is 1. The van der Waals surface area contributed by atoms with Crippen molar-refractivity contribution in [2.45, 2.75) is 33.2 Å². The smallest absolute Gasteiger partial charge is 0.179 e. The number of fused-ring (bicyclic) bond motifs is 2. The normalized spacial score (nSPS) is 16.9. The monoisotopic (exact) mass is 378 g/mol. The van der Waals surface area contributed by atoms with Crippen LogP contribution in [0.1, 0.15) is 45.7 Å². The third-order valence-electron chi connectivity index (χ3n) is 5.87. The Morgan fingerprint density at radius 1 is 1.29 bits per heavy atom. The number of aromatic nitrogens is 1. The van der Waals surface area contributed by atoms with Crippen LogP contribution in [0, 0.1) is 13.8 Å². The lowest BCUT2D eigenvalue weighted by molar-refractivity contribution is 0.0891. The van der Waals surface area contributed by atoms with E-state index in [1.54, 1.807) is 13.2 Å². The Hall–Kier alpha value is -2.79. The fourth-order valence-corrected chi connectivity index (χ4v) is 4.34. The number of ketones is 1. The van der Waals surface area contributed by atoms with Crippen LogP contribution in [0.25, 0.3) is 10.9 Å². The lowest BCUT2D eigenvalue weighted by Gasteiger charge is -2.35. The highest BCUT2D eigenvalue weighted by Gasteiger charge is 2.28. The van der Waals surface area contributed by atoms with Crippen LogP contribution in [0.3, 0.4) is 0 Å². The first-order valence-electron chi connectivity index (χ1n) is 9.65. The molecule has 3 aromatic rings. The number of phenolic OH excluding ortho intramolecular Hbond substituents is 1. The van der Waals surface area contributed by atoms with Gasteiger partial charge in [-0.25, -0.2) is 0 Å². The summed E-state index contributed by atoms with van der Waals surface area (Å²) < 4.78 is 5.27. The van der Waals surface area contributed by atoms with Crippen LogP contribution in [0.2, 0.25) is 0 Å². The van der Waals surface area contributed by atoms with Crippen molar-refractivity contribution in [1.82, 2.24) is 9.88 Å². The molecule has 2 heterocycles. The SMILES string of the molecule is COc1cc2c(cc1O)CCN(CC(=O)c1c(C)[nH]c3cc(C)ccc13)[C@@H]2C. The number of hydrogen-bond donors (Lipinski definition) is 2. The maximum atomic E-state index is 13.2. The zero-order chi connectivity index (χ0) is 20.0. The van der Waals surface area contributed by atoms with Gasteiger partial charge in [0, 0.05) is 34.7 Å². The minimum absolute atomic E-state index is 0.0787. The number of nitrogens with zero attached hydrogens (tertiary/aromatic N) is 1. The number of benzene rings is 2. The molecular weight excluding hydrogens is 352 g/mol. The molecule has 2 N–H and O–H groups in total. The van der Waals surface area contributed by atoms with Gasteiger partial charge in [0.1, 0.15) is 0 Å². The van der Waals surface area contributed by atoms with Crippen LogP contribution in [0.15, 0.2) is 30.3 Å². The maximum absolute atomic E-state index is 13.2. The van der Waals surface area contributed by atoms with Crippen molar-refractivity contribution in [3.05, 3.63) is 58.3 Å². The summed E-state index contributed by atoms with van der Waals surface area (Å²) in [7, 11) is 1.55. The standard InChI is InChI=1S/C23H26N2O3/c1-13-5-6-17-19(9-13)24-14(2)23(17)21(27)12-25-8-7-16-10-20(26)22(28-4)11-18(16)15(25)3/h5-6,9-11,15,24,26H,7-8,12H2,1-4H3/t15-/m1/s1. The quantitative estimate of drug-likeness (QED) is 0.664. The number of carbonyl (C=O) groups is 1. The zero-order valence-corrected chi connectivity index (χ0v) is 16.8. The van der Waals surface area contributed by atoms with E-state index in [-0.39, 0.29) is 17.6 Å². The van der Waals surface area contributed by atoms with Crippen molar-refractivity contribution < 1.29 is 14.6 Å². The van der Waals surface area contributed by atoms with E-state index in [1.165, 1.54) is 5.56 Å². The molecule has 1 aliphatic rings. The summed E-state index contributed by atoms with van der Waals surface area (Å²) in [5.74, 6) is 0.776. The first kappa shape index (κ1) is 18.6. The summed E-state index contributed by atoms with van der Waals surface area (Å²) in [5.41, 5.74) is 6.12. The molecule has 0 amide bonds. The Bertz CT molecular complexity index is 1070. The Morgan fingerprint density at radius 2 is 2.07 bits per heavy atom. The second kappa shape index (κ2) is 6.99. The molecule has 0 unspecified atom stereocenters. The molecule has 1 atom stereocenters. The molecule has 0 saturated carbocycles. The van der Waals surface area contributed by atoms with E-state index in [4.69, 9.17) is 4.74 Å². The molecule has 0 aliphatic carbocycles. The van der Waals surface area contributed by atoms with Gasteiger partial charge in [0.25, 0.3) is 0 Å². The topological polar surface area (TPSA) is 65.6 Å². The van der Waals surface area contributed by atoms with Gasteiger partial charge in [-0.05, 0) is 62.1 Å². The fraction of sp³-hybridized carbons (Fsp3) is 0.348. The average molecular weight is 378 g/mol. The molecule has 146 valence electrons. The second-order valence-corrected chi connectivity index (χ2v) is 7.72. The van der Waals surface area contributed by atoms with Gasteiger partial charge in [0.2, 0.25) is 0 Å². The highest BCUT2D eigenvalue weighted by Crippen LogP contribution is 2.37. The number of nitrogens with one attached hydrogen (secondary N) is 1. The molecular formula is C23H26N2O3. The minimum Gasteiger partial charge on any atom is -0.504 e. The Balaban J connectivity index is 1.62. The molecule has 1 aromatic heterocycles. The number of carbonyl (C=O) groups excluding carboxylic acids is 1. The van der Waals surface area contributed by atoms with Crippen molar-refractivity contribution in [3.8, 4) is 11.5 Å². The molecule has 0 radical (unpaired) electrons. The van der Waals surface area contributed by atoms with E-state index in [2.05, 4.69) is 29.8 Å². The van der Waals surface area contributed by atoms with Crippen LogP contribution in [-0.2, 0) is 6.42 Å². The van der Waals surface area contributed by atoms with E-state index in [0.717, 1.165) is 46.3 Å². The molecule has 0 spiro atoms. The second-order valence-electron chi connectivity index (χ2n) is 7.72. The third kappa shape index (κ3) is 3.06. The Labute approximate surface area is 164 Å². The van der Waals surface area contributed by atoms with Crippen LogP contribution in [0.4, 0.5) is 0 Å². The van der Waals surface area contributed by atoms with E-state index in [1.807, 2.05) is 25.1 Å². The van der Waals surface area contributed by atoms with Crippen molar-refractivity contribution >= 4 is 16.7 Å². The molecule has 5 heteroatoms. The molecule has 2 aromatic carbocycles. The third-order valence-corrected chi connectivity index (χ3v) is 5.87. The number of rotatable bonds is 4. The Kier molecular flexibility index (Phi) is 4.63. The number of H-pyrrole nitrogens is 1. The summed E-state index contributed by atoms with van der Waals surface area (Å²) in [5, 5.41) is 11.0. The highest BCUT2D eigenvalue weighted by molar-refractivity contribution is 6.10. The number of aromatic amines is 1. The molecule has 4 rings (SSSR count). The first-order valence-corrected chi connectivity index (χ1v) is 9.65. The largest absolute Gasteiger partial charge is 0.504 e. The summed E-state index contributed by atoms with van der Waals surface area (Å²) in [6, 6.07) is 9.92. The maximum Gasteiger partial charge on any atom is 0.179 e. The Morgan fingerprint density at radius 3 is 2.82 bits per heavy atom. The van der Waals surface area contributed by atoms with Gasteiger partial charge >= 0.3 is 0 Å². The van der Waals surface area contributed by atoms with E-state index < -0.39 is 0 Å². The summed E-state index contributed by atoms with van der Waals surface area (Å²) in [6.07, 6.45) is 0.802. The molecule has 5 nitrogen and oxygen atoms in total. The molecule has 1 aliphatic heterocycles. The number of methoxy groups -OCH3 is 1. The fourth-order valence-electron chi connectivity index (χ4n) is 4.34. The number of phenols is 1. The lowest BCUT2D eigenvalue weighted by Crippen LogP contribution is -2.37. The van der Waals surface area contributed by atoms with Crippen LogP contribution in [-0.4, -0.2) is 41.0 Å². The van der Waals surface area contributed by atoms with E-state index in [0.29, 0.717) is 12.3 Å². The molecule has 0 saturated heterocycles. The summed E-state index contributed by atoms with van der Waals surface area (Å²) in [6.45, 7) is 7.27. The molecule has 0 bridgehead atoms. The van der Waals surface area contributed by atoms with Crippen molar-refractivity contribution in [2.24, 2.45) is 0 Å².